The number of nitrogens with one attached hydrogen (secondary N) is 1. The van der Waals surface area contributed by atoms with Gasteiger partial charge in [-0.05, 0) is 31.5 Å². The Morgan fingerprint density at radius 2 is 2.05 bits per heavy atom. The summed E-state index contributed by atoms with van der Waals surface area (Å²) in [5.41, 5.74) is 4.35. The van der Waals surface area contributed by atoms with E-state index in [1.165, 1.54) is 18.2 Å². The van der Waals surface area contributed by atoms with Crippen molar-refractivity contribution in [1.82, 2.24) is 4.72 Å². The maximum absolute atomic E-state index is 12.0. The monoisotopic (exact) mass is 288 g/mol. The number of nitrogen functional groups attached to an aromatic ring is 1. The van der Waals surface area contributed by atoms with Crippen LogP contribution >= 0.6 is 0 Å². The summed E-state index contributed by atoms with van der Waals surface area (Å²) in [6.07, 6.45) is 1.24. The molecule has 0 amide bonds. The molecule has 1 unspecified atom stereocenters. The highest BCUT2D eigenvalue weighted by Crippen LogP contribution is 2.23. The third kappa shape index (κ3) is 4.38. The Bertz CT molecular complexity index is 541. The molecule has 0 radical (unpaired) electrons. The predicted octanol–water partition coefficient (Wildman–Crippen LogP) is 0.804. The molecular weight excluding hydrogens is 268 g/mol. The van der Waals surface area contributed by atoms with E-state index in [2.05, 4.69) is 4.72 Å². The SMILES string of the molecule is CCCC(C)(O)CNS(=O)(=O)c1ccc(O)c(N)c1. The van der Waals surface area contributed by atoms with Gasteiger partial charge in [0.2, 0.25) is 10.0 Å². The van der Waals surface area contributed by atoms with E-state index in [0.717, 1.165) is 6.42 Å². The zero-order valence-electron chi connectivity index (χ0n) is 11.0. The van der Waals surface area contributed by atoms with Gasteiger partial charge in [0.1, 0.15) is 5.75 Å². The molecule has 0 bridgehead atoms. The van der Waals surface area contributed by atoms with E-state index in [9.17, 15) is 18.6 Å². The first-order valence-electron chi connectivity index (χ1n) is 5.98. The molecule has 6 nitrogen and oxygen atoms in total. The first kappa shape index (κ1) is 15.7. The van der Waals surface area contributed by atoms with Crippen LogP contribution in [0.5, 0.6) is 5.75 Å². The average molecular weight is 288 g/mol. The van der Waals surface area contributed by atoms with Crippen LogP contribution in [0, 0.1) is 0 Å². The van der Waals surface area contributed by atoms with Gasteiger partial charge in [-0.2, -0.15) is 0 Å². The van der Waals surface area contributed by atoms with Crippen molar-refractivity contribution in [2.45, 2.75) is 37.2 Å². The predicted molar refractivity (Wildman–Crippen MR) is 73.2 cm³/mol. The fourth-order valence-corrected chi connectivity index (χ4v) is 2.86. The van der Waals surface area contributed by atoms with Gasteiger partial charge < -0.3 is 15.9 Å². The minimum atomic E-state index is -3.75. The summed E-state index contributed by atoms with van der Waals surface area (Å²) in [6.45, 7) is 3.40. The molecule has 1 atom stereocenters. The van der Waals surface area contributed by atoms with Crippen LogP contribution in [0.1, 0.15) is 26.7 Å². The molecule has 7 heteroatoms. The number of benzene rings is 1. The number of anilines is 1. The summed E-state index contributed by atoms with van der Waals surface area (Å²) < 4.78 is 26.3. The lowest BCUT2D eigenvalue weighted by Gasteiger charge is -2.22. The van der Waals surface area contributed by atoms with Gasteiger partial charge in [0.05, 0.1) is 16.2 Å². The van der Waals surface area contributed by atoms with Crippen molar-refractivity contribution in [3.8, 4) is 5.75 Å². The van der Waals surface area contributed by atoms with Crippen LogP contribution < -0.4 is 10.5 Å². The van der Waals surface area contributed by atoms with Crippen LogP contribution in [0.15, 0.2) is 23.1 Å². The van der Waals surface area contributed by atoms with Gasteiger partial charge in [0.15, 0.2) is 0 Å². The number of phenolic OH excluding ortho intramolecular Hbond substituents is 1. The normalized spacial score (nSPS) is 15.1. The number of phenols is 1. The van der Waals surface area contributed by atoms with E-state index >= 15 is 0 Å². The molecule has 1 aromatic carbocycles. The molecule has 0 aliphatic carbocycles. The largest absolute Gasteiger partial charge is 0.506 e. The van der Waals surface area contributed by atoms with Crippen molar-refractivity contribution >= 4 is 15.7 Å². The molecule has 0 saturated heterocycles. The van der Waals surface area contributed by atoms with Gasteiger partial charge in [0, 0.05) is 6.54 Å². The summed E-state index contributed by atoms with van der Waals surface area (Å²) in [4.78, 5) is -0.0462. The maximum atomic E-state index is 12.0. The lowest BCUT2D eigenvalue weighted by molar-refractivity contribution is 0.0554. The van der Waals surface area contributed by atoms with Crippen molar-refractivity contribution in [3.63, 3.8) is 0 Å². The number of nitrogens with two attached hydrogens (primary N) is 1. The van der Waals surface area contributed by atoms with Crippen molar-refractivity contribution in [2.24, 2.45) is 0 Å². The zero-order chi connectivity index (χ0) is 14.7. The average Bonchev–Trinajstić information content (AvgIpc) is 2.30. The first-order chi connectivity index (χ1) is 8.68. The smallest absolute Gasteiger partial charge is 0.240 e. The molecule has 1 aromatic rings. The molecular formula is C12H20N2O4S. The number of rotatable bonds is 6. The molecule has 0 aliphatic rings. The van der Waals surface area contributed by atoms with Gasteiger partial charge in [-0.25, -0.2) is 13.1 Å². The van der Waals surface area contributed by atoms with Crippen molar-refractivity contribution in [3.05, 3.63) is 18.2 Å². The lowest BCUT2D eigenvalue weighted by atomic mass is 10.0. The van der Waals surface area contributed by atoms with Crippen LogP contribution in [0.25, 0.3) is 0 Å². The number of aliphatic hydroxyl groups is 1. The molecule has 0 aromatic heterocycles. The molecule has 0 aliphatic heterocycles. The Balaban J connectivity index is 2.84. The second-order valence-electron chi connectivity index (χ2n) is 4.79. The summed E-state index contributed by atoms with van der Waals surface area (Å²) >= 11 is 0. The van der Waals surface area contributed by atoms with Crippen LogP contribution in [0.3, 0.4) is 0 Å². The number of sulfonamides is 1. The molecule has 0 saturated carbocycles. The van der Waals surface area contributed by atoms with E-state index in [1.54, 1.807) is 6.92 Å². The van der Waals surface area contributed by atoms with E-state index < -0.39 is 15.6 Å². The van der Waals surface area contributed by atoms with Gasteiger partial charge in [-0.15, -0.1) is 0 Å². The highest BCUT2D eigenvalue weighted by Gasteiger charge is 2.23. The van der Waals surface area contributed by atoms with Crippen LogP contribution in [-0.2, 0) is 10.0 Å². The summed E-state index contributed by atoms with van der Waals surface area (Å²) in [5, 5.41) is 19.2. The Morgan fingerprint density at radius 1 is 1.42 bits per heavy atom. The molecule has 0 heterocycles. The van der Waals surface area contributed by atoms with Crippen molar-refractivity contribution in [2.75, 3.05) is 12.3 Å². The Morgan fingerprint density at radius 3 is 2.58 bits per heavy atom. The second kappa shape index (κ2) is 5.77. The number of aromatic hydroxyl groups is 1. The van der Waals surface area contributed by atoms with Crippen LogP contribution in [0.4, 0.5) is 5.69 Å². The van der Waals surface area contributed by atoms with Gasteiger partial charge in [0.25, 0.3) is 0 Å². The maximum Gasteiger partial charge on any atom is 0.240 e. The summed E-state index contributed by atoms with van der Waals surface area (Å²) in [6, 6.07) is 3.64. The van der Waals surface area contributed by atoms with E-state index in [4.69, 9.17) is 5.73 Å². The van der Waals surface area contributed by atoms with Crippen LogP contribution in [0.2, 0.25) is 0 Å². The third-order valence-corrected chi connectivity index (χ3v) is 4.14. The second-order valence-corrected chi connectivity index (χ2v) is 6.56. The van der Waals surface area contributed by atoms with Gasteiger partial charge >= 0.3 is 0 Å². The van der Waals surface area contributed by atoms with Gasteiger partial charge in [-0.1, -0.05) is 13.3 Å². The Kier molecular flexibility index (Phi) is 4.78. The standard InChI is InChI=1S/C12H20N2O4S/c1-3-6-12(2,16)8-14-19(17,18)9-4-5-11(15)10(13)7-9/h4-5,7,14-16H,3,6,8,13H2,1-2H3. The quantitative estimate of drug-likeness (QED) is 0.457. The molecule has 0 fully saturated rings. The van der Waals surface area contributed by atoms with E-state index in [1.807, 2.05) is 6.92 Å². The molecule has 108 valence electrons. The van der Waals surface area contributed by atoms with Gasteiger partial charge in [-0.3, -0.25) is 0 Å². The summed E-state index contributed by atoms with van der Waals surface area (Å²) in [5.74, 6) is -0.170. The highest BCUT2D eigenvalue weighted by molar-refractivity contribution is 7.89. The third-order valence-electron chi connectivity index (χ3n) is 2.74. The fraction of sp³-hybridized carbons (Fsp3) is 0.500. The number of hydrogen-bond donors (Lipinski definition) is 4. The summed E-state index contributed by atoms with van der Waals surface area (Å²) in [7, 11) is -3.75. The minimum absolute atomic E-state index is 0.0109. The van der Waals surface area contributed by atoms with Crippen molar-refractivity contribution < 1.29 is 18.6 Å². The Labute approximate surface area is 113 Å². The van der Waals surface area contributed by atoms with Crippen molar-refractivity contribution in [1.29, 1.82) is 0 Å². The lowest BCUT2D eigenvalue weighted by Crippen LogP contribution is -2.40. The van der Waals surface area contributed by atoms with E-state index in [-0.39, 0.29) is 22.9 Å². The Hall–Kier alpha value is -1.31. The highest BCUT2D eigenvalue weighted by atomic mass is 32.2. The zero-order valence-corrected chi connectivity index (χ0v) is 11.9. The molecule has 5 N–H and O–H groups in total. The molecule has 1 rings (SSSR count). The first-order valence-corrected chi connectivity index (χ1v) is 7.47. The molecule has 19 heavy (non-hydrogen) atoms. The minimum Gasteiger partial charge on any atom is -0.506 e. The van der Waals surface area contributed by atoms with Crippen LogP contribution in [-0.4, -0.2) is 30.8 Å². The van der Waals surface area contributed by atoms with E-state index in [0.29, 0.717) is 6.42 Å². The fourth-order valence-electron chi connectivity index (χ4n) is 1.66. The number of hydrogen-bond acceptors (Lipinski definition) is 5. The topological polar surface area (TPSA) is 113 Å². The molecule has 0 spiro atoms.